The fourth-order valence-corrected chi connectivity index (χ4v) is 2.22. The van der Waals surface area contributed by atoms with Crippen molar-refractivity contribution in [2.75, 3.05) is 13.6 Å². The molecule has 0 saturated carbocycles. The first-order valence-corrected chi connectivity index (χ1v) is 7.60. The second-order valence-electron chi connectivity index (χ2n) is 5.17. The molecule has 0 unspecified atom stereocenters. The van der Waals surface area contributed by atoms with Crippen LogP contribution in [-0.4, -0.2) is 38.9 Å². The monoisotopic (exact) mass is 431 g/mol. The van der Waals surface area contributed by atoms with Crippen molar-refractivity contribution in [3.8, 4) is 0 Å². The number of hydrogen-bond donors (Lipinski definition) is 2. The van der Waals surface area contributed by atoms with Crippen LogP contribution in [0.15, 0.2) is 29.6 Å². The van der Waals surface area contributed by atoms with E-state index >= 15 is 0 Å². The number of rotatable bonds is 7. The molecule has 2 N–H and O–H groups in total. The lowest BCUT2D eigenvalue weighted by Gasteiger charge is -2.12. The summed E-state index contributed by atoms with van der Waals surface area (Å²) in [7, 11) is 3.72. The van der Waals surface area contributed by atoms with Gasteiger partial charge in [0, 0.05) is 45.8 Å². The molecule has 0 aliphatic rings. The molecule has 0 amide bonds. The van der Waals surface area contributed by atoms with Crippen molar-refractivity contribution in [2.45, 2.75) is 32.9 Å². The van der Waals surface area contributed by atoms with Gasteiger partial charge in [-0.2, -0.15) is 5.10 Å². The average molecular weight is 431 g/mol. The van der Waals surface area contributed by atoms with Gasteiger partial charge in [-0.25, -0.2) is 4.98 Å². The lowest BCUT2D eigenvalue weighted by Crippen LogP contribution is -2.37. The van der Waals surface area contributed by atoms with E-state index in [1.54, 1.807) is 13.2 Å². The zero-order chi connectivity index (χ0) is 15.8. The molecular formula is C15H26IN7. The Kier molecular flexibility index (Phi) is 8.67. The van der Waals surface area contributed by atoms with E-state index in [0.717, 1.165) is 43.4 Å². The minimum atomic E-state index is 0. The Morgan fingerprint density at radius 2 is 2.09 bits per heavy atom. The van der Waals surface area contributed by atoms with Gasteiger partial charge in [0.25, 0.3) is 0 Å². The molecule has 0 aromatic carbocycles. The minimum Gasteiger partial charge on any atom is -0.356 e. The summed E-state index contributed by atoms with van der Waals surface area (Å²) in [6.45, 7) is 4.65. The Hall–Kier alpha value is -1.58. The molecule has 2 heterocycles. The van der Waals surface area contributed by atoms with E-state index in [-0.39, 0.29) is 24.0 Å². The van der Waals surface area contributed by atoms with Crippen molar-refractivity contribution in [1.29, 1.82) is 0 Å². The molecule has 0 atom stereocenters. The highest BCUT2D eigenvalue weighted by Crippen LogP contribution is 1.99. The fraction of sp³-hybridized carbons (Fsp3) is 0.533. The maximum atomic E-state index is 4.23. The SMILES string of the molecule is CN=C(NCCCCn1ccnc1C)NCc1ccnn1C.I. The van der Waals surface area contributed by atoms with Crippen LogP contribution in [0.4, 0.5) is 0 Å². The highest BCUT2D eigenvalue weighted by atomic mass is 127. The van der Waals surface area contributed by atoms with Crippen LogP contribution < -0.4 is 10.6 Å². The Bertz CT molecular complexity index is 602. The van der Waals surface area contributed by atoms with Crippen LogP contribution in [0.1, 0.15) is 24.4 Å². The van der Waals surface area contributed by atoms with Crippen LogP contribution in [0.3, 0.4) is 0 Å². The molecule has 0 radical (unpaired) electrons. The number of aromatic nitrogens is 4. The molecule has 2 rings (SSSR count). The van der Waals surface area contributed by atoms with Gasteiger partial charge in [-0.15, -0.1) is 24.0 Å². The van der Waals surface area contributed by atoms with Gasteiger partial charge in [0.1, 0.15) is 5.82 Å². The summed E-state index contributed by atoms with van der Waals surface area (Å²) in [4.78, 5) is 8.45. The first-order valence-electron chi connectivity index (χ1n) is 7.60. The van der Waals surface area contributed by atoms with Gasteiger partial charge in [-0.1, -0.05) is 0 Å². The van der Waals surface area contributed by atoms with E-state index in [4.69, 9.17) is 0 Å². The zero-order valence-corrected chi connectivity index (χ0v) is 16.3. The molecule has 0 saturated heterocycles. The first kappa shape index (κ1) is 19.5. The highest BCUT2D eigenvalue weighted by Gasteiger charge is 2.01. The molecule has 7 nitrogen and oxygen atoms in total. The summed E-state index contributed by atoms with van der Waals surface area (Å²) < 4.78 is 4.03. The summed E-state index contributed by atoms with van der Waals surface area (Å²) in [5.74, 6) is 1.89. The van der Waals surface area contributed by atoms with Gasteiger partial charge in [0.05, 0.1) is 12.2 Å². The number of imidazole rings is 1. The van der Waals surface area contributed by atoms with Crippen LogP contribution in [0, 0.1) is 6.92 Å². The molecule has 2 aromatic heterocycles. The van der Waals surface area contributed by atoms with E-state index in [0.29, 0.717) is 6.54 Å². The van der Waals surface area contributed by atoms with Gasteiger partial charge >= 0.3 is 0 Å². The third-order valence-electron chi connectivity index (χ3n) is 3.62. The maximum absolute atomic E-state index is 4.23. The molecular weight excluding hydrogens is 405 g/mol. The van der Waals surface area contributed by atoms with Crippen LogP contribution in [0.25, 0.3) is 0 Å². The van der Waals surface area contributed by atoms with Gasteiger partial charge < -0.3 is 15.2 Å². The Morgan fingerprint density at radius 3 is 2.70 bits per heavy atom. The highest BCUT2D eigenvalue weighted by molar-refractivity contribution is 14.0. The lowest BCUT2D eigenvalue weighted by atomic mass is 10.3. The third kappa shape index (κ3) is 6.20. The Morgan fingerprint density at radius 1 is 1.26 bits per heavy atom. The predicted molar refractivity (Wildman–Crippen MR) is 103 cm³/mol. The van der Waals surface area contributed by atoms with Crippen LogP contribution in [-0.2, 0) is 20.1 Å². The van der Waals surface area contributed by atoms with E-state index in [1.165, 1.54) is 0 Å². The van der Waals surface area contributed by atoms with Crippen LogP contribution in [0.5, 0.6) is 0 Å². The first-order chi connectivity index (χ1) is 10.7. The molecule has 0 fully saturated rings. The van der Waals surface area contributed by atoms with Gasteiger partial charge in [0.2, 0.25) is 0 Å². The van der Waals surface area contributed by atoms with Crippen molar-refractivity contribution in [3.05, 3.63) is 36.2 Å². The molecule has 128 valence electrons. The van der Waals surface area contributed by atoms with Gasteiger partial charge in [-0.3, -0.25) is 9.67 Å². The molecule has 0 aliphatic carbocycles. The molecule has 0 aliphatic heterocycles. The van der Waals surface area contributed by atoms with Crippen molar-refractivity contribution in [3.63, 3.8) is 0 Å². The number of nitrogens with one attached hydrogen (secondary N) is 2. The zero-order valence-electron chi connectivity index (χ0n) is 14.0. The van der Waals surface area contributed by atoms with Crippen molar-refractivity contribution in [1.82, 2.24) is 30.0 Å². The minimum absolute atomic E-state index is 0. The van der Waals surface area contributed by atoms with E-state index in [9.17, 15) is 0 Å². The van der Waals surface area contributed by atoms with Crippen molar-refractivity contribution >= 4 is 29.9 Å². The molecule has 0 spiro atoms. The van der Waals surface area contributed by atoms with Crippen molar-refractivity contribution in [2.24, 2.45) is 12.0 Å². The summed E-state index contributed by atoms with van der Waals surface area (Å²) in [6.07, 6.45) is 7.87. The predicted octanol–water partition coefficient (Wildman–Crippen LogP) is 1.69. The second-order valence-corrected chi connectivity index (χ2v) is 5.17. The number of unbranched alkanes of at least 4 members (excludes halogenated alkanes) is 1. The van der Waals surface area contributed by atoms with E-state index < -0.39 is 0 Å². The summed E-state index contributed by atoms with van der Waals surface area (Å²) in [6, 6.07) is 1.99. The molecule has 23 heavy (non-hydrogen) atoms. The maximum Gasteiger partial charge on any atom is 0.191 e. The number of aryl methyl sites for hydroxylation is 3. The van der Waals surface area contributed by atoms with Crippen LogP contribution in [0.2, 0.25) is 0 Å². The standard InChI is InChI=1S/C15H25N7.HI/c1-13-17-9-11-22(13)10-5-4-7-18-15(16-2)19-12-14-6-8-20-21(14)3;/h6,8-9,11H,4-5,7,10,12H2,1-3H3,(H2,16,18,19);1H. The van der Waals surface area contributed by atoms with E-state index in [2.05, 4.69) is 30.3 Å². The number of hydrogen-bond acceptors (Lipinski definition) is 3. The smallest absolute Gasteiger partial charge is 0.191 e. The number of nitrogens with zero attached hydrogens (tertiary/aromatic N) is 5. The Labute approximate surface area is 154 Å². The fourth-order valence-electron chi connectivity index (χ4n) is 2.22. The number of aliphatic imine (C=N–C) groups is 1. The summed E-state index contributed by atoms with van der Waals surface area (Å²) in [5.41, 5.74) is 1.12. The number of halogens is 1. The van der Waals surface area contributed by atoms with Crippen LogP contribution >= 0.6 is 24.0 Å². The number of guanidine groups is 1. The molecule has 2 aromatic rings. The van der Waals surface area contributed by atoms with Crippen molar-refractivity contribution < 1.29 is 0 Å². The average Bonchev–Trinajstić information content (AvgIpc) is 3.11. The normalized spacial score (nSPS) is 11.2. The van der Waals surface area contributed by atoms with Gasteiger partial charge in [0.15, 0.2) is 5.96 Å². The summed E-state index contributed by atoms with van der Waals surface area (Å²) in [5, 5.41) is 10.8. The molecule has 0 bridgehead atoms. The molecule has 8 heteroatoms. The second kappa shape index (κ2) is 10.2. The summed E-state index contributed by atoms with van der Waals surface area (Å²) >= 11 is 0. The largest absolute Gasteiger partial charge is 0.356 e. The lowest BCUT2D eigenvalue weighted by molar-refractivity contribution is 0.587. The third-order valence-corrected chi connectivity index (χ3v) is 3.62. The quantitative estimate of drug-likeness (QED) is 0.303. The van der Waals surface area contributed by atoms with Gasteiger partial charge in [-0.05, 0) is 25.8 Å². The van der Waals surface area contributed by atoms with E-state index in [1.807, 2.05) is 37.1 Å². The topological polar surface area (TPSA) is 72.1 Å². The Balaban J connectivity index is 0.00000264.